The molecule has 0 aliphatic carbocycles. The van der Waals surface area contributed by atoms with Crippen LogP contribution in [-0.2, 0) is 9.53 Å². The number of rotatable bonds is 8. The molecule has 0 aliphatic rings. The van der Waals surface area contributed by atoms with Gasteiger partial charge in [-0.3, -0.25) is 4.79 Å². The van der Waals surface area contributed by atoms with Crippen molar-refractivity contribution in [2.75, 3.05) is 19.0 Å². The van der Waals surface area contributed by atoms with Gasteiger partial charge in [0, 0.05) is 23.6 Å². The first-order chi connectivity index (χ1) is 11.6. The van der Waals surface area contributed by atoms with E-state index in [0.717, 1.165) is 35.1 Å². The summed E-state index contributed by atoms with van der Waals surface area (Å²) in [5.74, 6) is 0.708. The summed E-state index contributed by atoms with van der Waals surface area (Å²) in [6.45, 7) is 6.51. The Hall–Kier alpha value is -2.07. The SMILES string of the molecule is CCCCC(C)(OC)C(=O)Nc1ccc(OCC)c2ccccc12. The average molecular weight is 329 g/mol. The number of fused-ring (bicyclic) bond motifs is 1. The summed E-state index contributed by atoms with van der Waals surface area (Å²) in [4.78, 5) is 12.8. The van der Waals surface area contributed by atoms with Crippen LogP contribution in [0.25, 0.3) is 10.8 Å². The van der Waals surface area contributed by atoms with Crippen LogP contribution in [0.15, 0.2) is 36.4 Å². The molecule has 2 rings (SSSR count). The van der Waals surface area contributed by atoms with Gasteiger partial charge in [-0.05, 0) is 32.4 Å². The number of ether oxygens (including phenoxy) is 2. The zero-order chi connectivity index (χ0) is 17.6. The number of carbonyl (C=O) groups excluding carboxylic acids is 1. The van der Waals surface area contributed by atoms with Crippen molar-refractivity contribution in [1.29, 1.82) is 0 Å². The second-order valence-electron chi connectivity index (χ2n) is 6.08. The van der Waals surface area contributed by atoms with Gasteiger partial charge in [0.25, 0.3) is 5.91 Å². The van der Waals surface area contributed by atoms with Crippen LogP contribution in [-0.4, -0.2) is 25.2 Å². The minimum absolute atomic E-state index is 0.118. The number of anilines is 1. The second-order valence-corrected chi connectivity index (χ2v) is 6.08. The molecule has 4 nitrogen and oxygen atoms in total. The van der Waals surface area contributed by atoms with Crippen LogP contribution in [0.2, 0.25) is 0 Å². The average Bonchev–Trinajstić information content (AvgIpc) is 2.61. The van der Waals surface area contributed by atoms with Crippen molar-refractivity contribution < 1.29 is 14.3 Å². The van der Waals surface area contributed by atoms with Crippen molar-refractivity contribution in [3.63, 3.8) is 0 Å². The van der Waals surface area contributed by atoms with E-state index in [1.165, 1.54) is 0 Å². The van der Waals surface area contributed by atoms with Crippen LogP contribution in [0.5, 0.6) is 5.75 Å². The summed E-state index contributed by atoms with van der Waals surface area (Å²) in [5, 5.41) is 4.99. The third-order valence-electron chi connectivity index (χ3n) is 4.37. The van der Waals surface area contributed by atoms with Gasteiger partial charge in [0.2, 0.25) is 0 Å². The Kier molecular flexibility index (Phi) is 6.21. The van der Waals surface area contributed by atoms with E-state index in [4.69, 9.17) is 9.47 Å². The largest absolute Gasteiger partial charge is 0.493 e. The van der Waals surface area contributed by atoms with E-state index < -0.39 is 5.60 Å². The van der Waals surface area contributed by atoms with E-state index in [1.807, 2.05) is 50.2 Å². The molecule has 130 valence electrons. The highest BCUT2D eigenvalue weighted by molar-refractivity contribution is 6.06. The molecule has 1 atom stereocenters. The van der Waals surface area contributed by atoms with Crippen LogP contribution in [0.3, 0.4) is 0 Å². The molecule has 24 heavy (non-hydrogen) atoms. The molecule has 2 aromatic rings. The van der Waals surface area contributed by atoms with Crippen molar-refractivity contribution in [3.05, 3.63) is 36.4 Å². The normalized spacial score (nSPS) is 13.5. The van der Waals surface area contributed by atoms with Gasteiger partial charge in [0.15, 0.2) is 0 Å². The van der Waals surface area contributed by atoms with Crippen molar-refractivity contribution in [3.8, 4) is 5.75 Å². The molecule has 4 heteroatoms. The Bertz CT molecular complexity index is 698. The zero-order valence-electron chi connectivity index (χ0n) is 15.0. The third kappa shape index (κ3) is 3.88. The maximum absolute atomic E-state index is 12.8. The molecule has 0 aliphatic heterocycles. The molecule has 1 amide bonds. The lowest BCUT2D eigenvalue weighted by Gasteiger charge is -2.27. The van der Waals surface area contributed by atoms with E-state index in [9.17, 15) is 4.79 Å². The van der Waals surface area contributed by atoms with Gasteiger partial charge in [-0.15, -0.1) is 0 Å². The van der Waals surface area contributed by atoms with Crippen LogP contribution in [0, 0.1) is 0 Å². The number of nitrogens with one attached hydrogen (secondary N) is 1. The summed E-state index contributed by atoms with van der Waals surface area (Å²) < 4.78 is 11.2. The molecular weight excluding hydrogens is 302 g/mol. The highest BCUT2D eigenvalue weighted by Gasteiger charge is 2.32. The Balaban J connectivity index is 2.33. The molecule has 0 aromatic heterocycles. The van der Waals surface area contributed by atoms with E-state index in [1.54, 1.807) is 7.11 Å². The molecule has 0 fully saturated rings. The summed E-state index contributed by atoms with van der Waals surface area (Å²) in [6.07, 6.45) is 2.67. The molecule has 0 spiro atoms. The number of carbonyl (C=O) groups is 1. The summed E-state index contributed by atoms with van der Waals surface area (Å²) >= 11 is 0. The predicted molar refractivity (Wildman–Crippen MR) is 98.7 cm³/mol. The van der Waals surface area contributed by atoms with Gasteiger partial charge in [0.1, 0.15) is 11.4 Å². The molecule has 2 aromatic carbocycles. The maximum Gasteiger partial charge on any atom is 0.256 e. The Labute approximate surface area is 144 Å². The quantitative estimate of drug-likeness (QED) is 0.758. The van der Waals surface area contributed by atoms with E-state index in [0.29, 0.717) is 13.0 Å². The van der Waals surface area contributed by atoms with Gasteiger partial charge < -0.3 is 14.8 Å². The highest BCUT2D eigenvalue weighted by atomic mass is 16.5. The van der Waals surface area contributed by atoms with Crippen LogP contribution < -0.4 is 10.1 Å². The molecule has 0 heterocycles. The summed E-state index contributed by atoms with van der Waals surface area (Å²) in [7, 11) is 1.59. The van der Waals surface area contributed by atoms with Gasteiger partial charge in [-0.1, -0.05) is 44.0 Å². The number of unbranched alkanes of at least 4 members (excludes halogenated alkanes) is 1. The maximum atomic E-state index is 12.8. The molecule has 1 unspecified atom stereocenters. The van der Waals surface area contributed by atoms with E-state index >= 15 is 0 Å². The minimum atomic E-state index is -0.824. The third-order valence-corrected chi connectivity index (χ3v) is 4.37. The molecule has 0 radical (unpaired) electrons. The molecule has 1 N–H and O–H groups in total. The topological polar surface area (TPSA) is 47.6 Å². The van der Waals surface area contributed by atoms with Crippen molar-refractivity contribution >= 4 is 22.4 Å². The number of hydrogen-bond acceptors (Lipinski definition) is 3. The first kappa shape index (κ1) is 18.3. The van der Waals surface area contributed by atoms with Crippen LogP contribution in [0.1, 0.15) is 40.0 Å². The number of amides is 1. The fourth-order valence-corrected chi connectivity index (χ4v) is 2.74. The van der Waals surface area contributed by atoms with E-state index in [-0.39, 0.29) is 5.91 Å². The fraction of sp³-hybridized carbons (Fsp3) is 0.450. The van der Waals surface area contributed by atoms with Gasteiger partial charge in [-0.25, -0.2) is 0 Å². The summed E-state index contributed by atoms with van der Waals surface area (Å²) in [6, 6.07) is 11.7. The van der Waals surface area contributed by atoms with Crippen LogP contribution >= 0.6 is 0 Å². The Morgan fingerprint density at radius 1 is 1.12 bits per heavy atom. The van der Waals surface area contributed by atoms with Crippen molar-refractivity contribution in [1.82, 2.24) is 0 Å². The van der Waals surface area contributed by atoms with Crippen LogP contribution in [0.4, 0.5) is 5.69 Å². The molecular formula is C20H27NO3. The minimum Gasteiger partial charge on any atom is -0.493 e. The molecule has 0 saturated carbocycles. The van der Waals surface area contributed by atoms with Gasteiger partial charge >= 0.3 is 0 Å². The Morgan fingerprint density at radius 3 is 2.46 bits per heavy atom. The monoisotopic (exact) mass is 329 g/mol. The predicted octanol–water partition coefficient (Wildman–Crippen LogP) is 4.77. The Morgan fingerprint density at radius 2 is 1.83 bits per heavy atom. The van der Waals surface area contributed by atoms with E-state index in [2.05, 4.69) is 12.2 Å². The standard InChI is InChI=1S/C20H27NO3/c1-5-7-14-20(3,23-4)19(22)21-17-12-13-18(24-6-2)16-11-9-8-10-15(16)17/h8-13H,5-7,14H2,1-4H3,(H,21,22). The zero-order valence-corrected chi connectivity index (χ0v) is 15.0. The smallest absolute Gasteiger partial charge is 0.256 e. The van der Waals surface area contributed by atoms with Gasteiger partial charge in [-0.2, -0.15) is 0 Å². The number of benzene rings is 2. The number of hydrogen-bond donors (Lipinski definition) is 1. The lowest BCUT2D eigenvalue weighted by atomic mass is 9.97. The highest BCUT2D eigenvalue weighted by Crippen LogP contribution is 2.32. The lowest BCUT2D eigenvalue weighted by molar-refractivity contribution is -0.136. The first-order valence-corrected chi connectivity index (χ1v) is 8.57. The lowest BCUT2D eigenvalue weighted by Crippen LogP contribution is -2.42. The van der Waals surface area contributed by atoms with Crippen molar-refractivity contribution in [2.45, 2.75) is 45.6 Å². The fourth-order valence-electron chi connectivity index (χ4n) is 2.74. The molecule has 0 bridgehead atoms. The summed E-state index contributed by atoms with van der Waals surface area (Å²) in [5.41, 5.74) is -0.0470. The second kappa shape index (κ2) is 8.15. The molecule has 0 saturated heterocycles. The van der Waals surface area contributed by atoms with Gasteiger partial charge in [0.05, 0.1) is 6.61 Å². The van der Waals surface area contributed by atoms with Crippen molar-refractivity contribution in [2.24, 2.45) is 0 Å². The number of methoxy groups -OCH3 is 1. The first-order valence-electron chi connectivity index (χ1n) is 8.57.